The zero-order chi connectivity index (χ0) is 10.1. The molecule has 0 atom stereocenters. The summed E-state index contributed by atoms with van der Waals surface area (Å²) in [4.78, 5) is 9.94. The molecule has 0 aromatic rings. The standard InChI is InChI=1S/C7H11NO4S/c1-13(11,12)7-5-3-2-4-6(7)8(9)10/h2-5H2,1H3. The predicted octanol–water partition coefficient (Wildman–Crippen LogP) is 1.09. The Morgan fingerprint density at radius 1 is 1.31 bits per heavy atom. The van der Waals surface area contributed by atoms with Crippen LogP contribution in [0.4, 0.5) is 0 Å². The van der Waals surface area contributed by atoms with E-state index in [1.807, 2.05) is 0 Å². The van der Waals surface area contributed by atoms with Gasteiger partial charge in [-0.05, 0) is 19.3 Å². The minimum Gasteiger partial charge on any atom is -0.259 e. The van der Waals surface area contributed by atoms with E-state index < -0.39 is 14.8 Å². The molecule has 13 heavy (non-hydrogen) atoms. The SMILES string of the molecule is CS(=O)(=O)C1=C([N+](=O)[O-])CCCC1. The van der Waals surface area contributed by atoms with Gasteiger partial charge in [0.15, 0.2) is 9.84 Å². The van der Waals surface area contributed by atoms with Crippen molar-refractivity contribution in [2.24, 2.45) is 0 Å². The molecule has 0 spiro atoms. The Morgan fingerprint density at radius 2 is 1.85 bits per heavy atom. The summed E-state index contributed by atoms with van der Waals surface area (Å²) in [5, 5.41) is 10.5. The lowest BCUT2D eigenvalue weighted by atomic mass is 10.1. The van der Waals surface area contributed by atoms with Crippen molar-refractivity contribution in [3.63, 3.8) is 0 Å². The summed E-state index contributed by atoms with van der Waals surface area (Å²) < 4.78 is 22.3. The number of nitrogens with zero attached hydrogens (tertiary/aromatic N) is 1. The highest BCUT2D eigenvalue weighted by Crippen LogP contribution is 2.28. The Balaban J connectivity index is 3.20. The van der Waals surface area contributed by atoms with Crippen LogP contribution < -0.4 is 0 Å². The van der Waals surface area contributed by atoms with E-state index in [0.29, 0.717) is 12.8 Å². The maximum Gasteiger partial charge on any atom is 0.260 e. The fourth-order valence-electron chi connectivity index (χ4n) is 1.45. The van der Waals surface area contributed by atoms with Gasteiger partial charge in [0.2, 0.25) is 0 Å². The van der Waals surface area contributed by atoms with Crippen molar-refractivity contribution in [1.29, 1.82) is 0 Å². The maximum absolute atomic E-state index is 11.1. The van der Waals surface area contributed by atoms with Crippen LogP contribution in [0.3, 0.4) is 0 Å². The Kier molecular flexibility index (Phi) is 2.70. The van der Waals surface area contributed by atoms with Crippen LogP contribution in [-0.4, -0.2) is 19.6 Å². The molecule has 0 amide bonds. The van der Waals surface area contributed by atoms with Crippen LogP contribution in [0.15, 0.2) is 10.6 Å². The highest BCUT2D eigenvalue weighted by molar-refractivity contribution is 7.94. The van der Waals surface area contributed by atoms with Crippen molar-refractivity contribution in [1.82, 2.24) is 0 Å². The molecular weight excluding hydrogens is 194 g/mol. The van der Waals surface area contributed by atoms with E-state index in [9.17, 15) is 18.5 Å². The van der Waals surface area contributed by atoms with Crippen molar-refractivity contribution in [3.8, 4) is 0 Å². The van der Waals surface area contributed by atoms with Gasteiger partial charge in [-0.15, -0.1) is 0 Å². The molecule has 0 radical (unpaired) electrons. The molecule has 5 nitrogen and oxygen atoms in total. The number of nitro groups is 1. The van der Waals surface area contributed by atoms with Crippen LogP contribution >= 0.6 is 0 Å². The first-order valence-electron chi connectivity index (χ1n) is 3.99. The van der Waals surface area contributed by atoms with Gasteiger partial charge in [-0.2, -0.15) is 0 Å². The average molecular weight is 205 g/mol. The number of hydrogen-bond acceptors (Lipinski definition) is 4. The summed E-state index contributed by atoms with van der Waals surface area (Å²) in [5.74, 6) is 0. The molecule has 0 N–H and O–H groups in total. The minimum absolute atomic E-state index is 0.0174. The van der Waals surface area contributed by atoms with Crippen LogP contribution in [0.25, 0.3) is 0 Å². The molecule has 74 valence electrons. The lowest BCUT2D eigenvalue weighted by Gasteiger charge is -2.11. The number of hydrogen-bond donors (Lipinski definition) is 0. The minimum atomic E-state index is -3.38. The fourth-order valence-corrected chi connectivity index (χ4v) is 2.57. The molecule has 0 unspecified atom stereocenters. The first-order chi connectivity index (χ1) is 5.93. The van der Waals surface area contributed by atoms with Crippen LogP contribution in [-0.2, 0) is 9.84 Å². The molecule has 0 aliphatic heterocycles. The van der Waals surface area contributed by atoms with Gasteiger partial charge in [-0.1, -0.05) is 0 Å². The van der Waals surface area contributed by atoms with Gasteiger partial charge >= 0.3 is 0 Å². The largest absolute Gasteiger partial charge is 0.260 e. The molecule has 1 aliphatic rings. The lowest BCUT2D eigenvalue weighted by Crippen LogP contribution is -2.14. The maximum atomic E-state index is 11.1. The van der Waals surface area contributed by atoms with E-state index in [0.717, 1.165) is 12.7 Å². The molecule has 0 aromatic heterocycles. The van der Waals surface area contributed by atoms with E-state index in [-0.39, 0.29) is 17.0 Å². The Hall–Kier alpha value is -0.910. The van der Waals surface area contributed by atoms with E-state index in [2.05, 4.69) is 0 Å². The van der Waals surface area contributed by atoms with Crippen molar-refractivity contribution < 1.29 is 13.3 Å². The van der Waals surface area contributed by atoms with Gasteiger partial charge in [0.1, 0.15) is 4.91 Å². The molecule has 1 rings (SSSR count). The van der Waals surface area contributed by atoms with Crippen molar-refractivity contribution in [2.75, 3.05) is 6.26 Å². The van der Waals surface area contributed by atoms with Crippen LogP contribution in [0.2, 0.25) is 0 Å². The lowest BCUT2D eigenvalue weighted by molar-refractivity contribution is -0.429. The number of sulfone groups is 1. The predicted molar refractivity (Wildman–Crippen MR) is 47.3 cm³/mol. The van der Waals surface area contributed by atoms with E-state index >= 15 is 0 Å². The average Bonchev–Trinajstić information content (AvgIpc) is 2.03. The molecule has 0 bridgehead atoms. The third kappa shape index (κ3) is 2.27. The molecule has 0 saturated heterocycles. The van der Waals surface area contributed by atoms with Gasteiger partial charge < -0.3 is 0 Å². The van der Waals surface area contributed by atoms with Gasteiger partial charge in [-0.3, -0.25) is 10.1 Å². The summed E-state index contributed by atoms with van der Waals surface area (Å²) >= 11 is 0. The van der Waals surface area contributed by atoms with E-state index in [4.69, 9.17) is 0 Å². The zero-order valence-corrected chi connectivity index (χ0v) is 8.13. The van der Waals surface area contributed by atoms with Crippen LogP contribution in [0.1, 0.15) is 25.7 Å². The summed E-state index contributed by atoms with van der Waals surface area (Å²) in [5.41, 5.74) is -0.117. The normalized spacial score (nSPS) is 18.8. The van der Waals surface area contributed by atoms with Crippen molar-refractivity contribution in [2.45, 2.75) is 25.7 Å². The Labute approximate surface area is 76.5 Å². The molecule has 0 aromatic carbocycles. The monoisotopic (exact) mass is 205 g/mol. The van der Waals surface area contributed by atoms with Gasteiger partial charge in [0, 0.05) is 12.7 Å². The zero-order valence-electron chi connectivity index (χ0n) is 7.32. The number of rotatable bonds is 2. The molecule has 0 heterocycles. The highest BCUT2D eigenvalue weighted by atomic mass is 32.2. The highest BCUT2D eigenvalue weighted by Gasteiger charge is 2.28. The third-order valence-electron chi connectivity index (χ3n) is 2.06. The summed E-state index contributed by atoms with van der Waals surface area (Å²) in [6.07, 6.45) is 3.04. The Bertz CT molecular complexity index is 355. The summed E-state index contributed by atoms with van der Waals surface area (Å²) in [7, 11) is -3.38. The van der Waals surface area contributed by atoms with Gasteiger partial charge in [-0.25, -0.2) is 8.42 Å². The fraction of sp³-hybridized carbons (Fsp3) is 0.714. The Morgan fingerprint density at radius 3 is 2.23 bits per heavy atom. The molecule has 0 fully saturated rings. The molecule has 0 saturated carbocycles. The van der Waals surface area contributed by atoms with Crippen LogP contribution in [0, 0.1) is 10.1 Å². The second-order valence-electron chi connectivity index (χ2n) is 3.11. The van der Waals surface area contributed by atoms with Crippen molar-refractivity contribution >= 4 is 9.84 Å². The second kappa shape index (κ2) is 3.45. The van der Waals surface area contributed by atoms with Gasteiger partial charge in [0.25, 0.3) is 5.70 Å². The molecule has 1 aliphatic carbocycles. The smallest absolute Gasteiger partial charge is 0.259 e. The molecule has 6 heteroatoms. The second-order valence-corrected chi connectivity index (χ2v) is 5.14. The summed E-state index contributed by atoms with van der Waals surface area (Å²) in [6, 6.07) is 0. The first-order valence-corrected chi connectivity index (χ1v) is 5.88. The van der Waals surface area contributed by atoms with Gasteiger partial charge in [0.05, 0.1) is 4.92 Å². The topological polar surface area (TPSA) is 77.3 Å². The van der Waals surface area contributed by atoms with Crippen molar-refractivity contribution in [3.05, 3.63) is 20.7 Å². The summed E-state index contributed by atoms with van der Waals surface area (Å²) in [6.45, 7) is 0. The quantitative estimate of drug-likeness (QED) is 0.499. The number of allylic oxidation sites excluding steroid dienone is 2. The van der Waals surface area contributed by atoms with Crippen LogP contribution in [0.5, 0.6) is 0 Å². The van der Waals surface area contributed by atoms with E-state index in [1.165, 1.54) is 0 Å². The first kappa shape index (κ1) is 10.2. The third-order valence-corrected chi connectivity index (χ3v) is 3.39. The molecular formula is C7H11NO4S. The van der Waals surface area contributed by atoms with E-state index in [1.54, 1.807) is 0 Å².